The van der Waals surface area contributed by atoms with Crippen molar-refractivity contribution in [2.45, 2.75) is 48.0 Å². The SMILES string of the molecule is CC(C)S(=O)(=O)c1c(-c2cccs2)sc(-c2cccs2)c1S(=O)(=O)C(C)C. The van der Waals surface area contributed by atoms with E-state index in [1.165, 1.54) is 34.0 Å². The number of thiophene rings is 3. The fraction of sp³-hybridized carbons (Fsp3) is 0.333. The highest BCUT2D eigenvalue weighted by atomic mass is 32.2. The molecule has 4 nitrogen and oxygen atoms in total. The first kappa shape index (κ1) is 20.7. The smallest absolute Gasteiger partial charge is 0.183 e. The Morgan fingerprint density at radius 1 is 0.704 bits per heavy atom. The van der Waals surface area contributed by atoms with Gasteiger partial charge in [0, 0.05) is 9.75 Å². The van der Waals surface area contributed by atoms with Gasteiger partial charge in [0.05, 0.1) is 20.3 Å². The third kappa shape index (κ3) is 3.55. The zero-order chi connectivity index (χ0) is 20.0. The molecule has 0 spiro atoms. The van der Waals surface area contributed by atoms with E-state index >= 15 is 0 Å². The fourth-order valence-electron chi connectivity index (χ4n) is 2.53. The summed E-state index contributed by atoms with van der Waals surface area (Å²) >= 11 is 4.07. The molecule has 0 unspecified atom stereocenters. The molecule has 0 amide bonds. The first-order valence-electron chi connectivity index (χ1n) is 8.30. The highest BCUT2D eigenvalue weighted by Gasteiger charge is 2.39. The summed E-state index contributed by atoms with van der Waals surface area (Å²) in [6.45, 7) is 6.34. The molecule has 0 saturated carbocycles. The van der Waals surface area contributed by atoms with Crippen molar-refractivity contribution >= 4 is 53.7 Å². The summed E-state index contributed by atoms with van der Waals surface area (Å²) in [5.41, 5.74) is 0. The average molecular weight is 461 g/mol. The van der Waals surface area contributed by atoms with Crippen LogP contribution in [0.1, 0.15) is 27.7 Å². The number of hydrogen-bond donors (Lipinski definition) is 0. The molecule has 3 rings (SSSR count). The Balaban J connectivity index is 2.52. The quantitative estimate of drug-likeness (QED) is 0.482. The maximum absolute atomic E-state index is 13.3. The van der Waals surface area contributed by atoms with Crippen LogP contribution in [0.5, 0.6) is 0 Å². The highest BCUT2D eigenvalue weighted by molar-refractivity contribution is 7.95. The van der Waals surface area contributed by atoms with Crippen LogP contribution in [0.15, 0.2) is 44.8 Å². The van der Waals surface area contributed by atoms with Gasteiger partial charge in [-0.25, -0.2) is 16.8 Å². The van der Waals surface area contributed by atoms with Crippen molar-refractivity contribution < 1.29 is 16.8 Å². The minimum absolute atomic E-state index is 0.0398. The van der Waals surface area contributed by atoms with E-state index in [1.54, 1.807) is 27.7 Å². The predicted molar refractivity (Wildman–Crippen MR) is 116 cm³/mol. The Kier molecular flexibility index (Phi) is 5.71. The van der Waals surface area contributed by atoms with Gasteiger partial charge in [0.15, 0.2) is 19.7 Å². The second-order valence-electron chi connectivity index (χ2n) is 6.56. The zero-order valence-electron chi connectivity index (χ0n) is 15.3. The monoisotopic (exact) mass is 460 g/mol. The van der Waals surface area contributed by atoms with Crippen LogP contribution in [0, 0.1) is 0 Å². The summed E-state index contributed by atoms with van der Waals surface area (Å²) in [5.74, 6) is 0. The first-order valence-corrected chi connectivity index (χ1v) is 14.0. The standard InChI is InChI=1S/C18H20O4S5/c1-11(2)26(19,20)17-15(13-7-5-9-23-13)25-16(14-8-6-10-24-14)18(17)27(21,22)12(3)4/h5-12H,1-4H3. The molecule has 0 aliphatic rings. The average Bonchev–Trinajstić information content (AvgIpc) is 3.32. The van der Waals surface area contributed by atoms with E-state index in [-0.39, 0.29) is 9.79 Å². The van der Waals surface area contributed by atoms with Crippen molar-refractivity contribution in [3.63, 3.8) is 0 Å². The van der Waals surface area contributed by atoms with Gasteiger partial charge in [-0.3, -0.25) is 0 Å². The minimum Gasteiger partial charge on any atom is -0.223 e. The van der Waals surface area contributed by atoms with Gasteiger partial charge in [0.25, 0.3) is 0 Å². The topological polar surface area (TPSA) is 68.3 Å². The Morgan fingerprint density at radius 3 is 1.33 bits per heavy atom. The molecule has 0 saturated heterocycles. The van der Waals surface area contributed by atoms with Crippen molar-refractivity contribution in [3.8, 4) is 19.5 Å². The lowest BCUT2D eigenvalue weighted by Crippen LogP contribution is -2.21. The lowest BCUT2D eigenvalue weighted by molar-refractivity contribution is 0.575. The van der Waals surface area contributed by atoms with Gasteiger partial charge in [-0.05, 0) is 50.6 Å². The van der Waals surface area contributed by atoms with Crippen LogP contribution >= 0.6 is 34.0 Å². The van der Waals surface area contributed by atoms with Gasteiger partial charge in [-0.2, -0.15) is 0 Å². The van der Waals surface area contributed by atoms with Crippen LogP contribution in [-0.4, -0.2) is 27.3 Å². The Labute approximate surface area is 172 Å². The van der Waals surface area contributed by atoms with E-state index in [1.807, 2.05) is 35.0 Å². The highest BCUT2D eigenvalue weighted by Crippen LogP contribution is 2.50. The normalized spacial score (nSPS) is 13.0. The summed E-state index contributed by atoms with van der Waals surface area (Å²) in [6.07, 6.45) is 0. The third-order valence-electron chi connectivity index (χ3n) is 4.12. The first-order chi connectivity index (χ1) is 12.6. The molecule has 0 N–H and O–H groups in total. The molecule has 0 bridgehead atoms. The maximum Gasteiger partial charge on any atom is 0.183 e. The number of rotatable bonds is 6. The summed E-state index contributed by atoms with van der Waals surface area (Å²) in [7, 11) is -7.62. The molecule has 27 heavy (non-hydrogen) atoms. The van der Waals surface area contributed by atoms with Crippen LogP contribution in [0.2, 0.25) is 0 Å². The minimum atomic E-state index is -3.81. The predicted octanol–water partition coefficient (Wildman–Crippen LogP) is 5.57. The second-order valence-corrected chi connectivity index (χ2v) is 14.4. The molecule has 0 aliphatic carbocycles. The van der Waals surface area contributed by atoms with Gasteiger partial charge in [0.1, 0.15) is 9.79 Å². The lowest BCUT2D eigenvalue weighted by Gasteiger charge is -2.14. The van der Waals surface area contributed by atoms with Gasteiger partial charge in [0.2, 0.25) is 0 Å². The van der Waals surface area contributed by atoms with E-state index in [0.29, 0.717) is 9.75 Å². The van der Waals surface area contributed by atoms with E-state index in [4.69, 9.17) is 0 Å². The van der Waals surface area contributed by atoms with Crippen molar-refractivity contribution in [1.82, 2.24) is 0 Å². The molecule has 0 fully saturated rings. The molecule has 0 aliphatic heterocycles. The summed E-state index contributed by atoms with van der Waals surface area (Å²) in [6, 6.07) is 7.35. The van der Waals surface area contributed by atoms with E-state index in [9.17, 15) is 16.8 Å². The number of hydrogen-bond acceptors (Lipinski definition) is 7. The Hall–Kier alpha value is -1.00. The number of sulfone groups is 2. The van der Waals surface area contributed by atoms with Gasteiger partial charge >= 0.3 is 0 Å². The third-order valence-corrected chi connectivity index (χ3v) is 12.2. The summed E-state index contributed by atoms with van der Waals surface area (Å²) in [5, 5.41) is 2.29. The molecule has 0 aromatic carbocycles. The van der Waals surface area contributed by atoms with E-state index in [0.717, 1.165) is 9.75 Å². The second kappa shape index (κ2) is 7.44. The molecular formula is C18H20O4S5. The van der Waals surface area contributed by atoms with Gasteiger partial charge in [-0.15, -0.1) is 34.0 Å². The van der Waals surface area contributed by atoms with Crippen LogP contribution in [0.4, 0.5) is 0 Å². The Bertz CT molecular complexity index is 1040. The van der Waals surface area contributed by atoms with Gasteiger partial charge < -0.3 is 0 Å². The fourth-order valence-corrected chi connectivity index (χ4v) is 9.64. The zero-order valence-corrected chi connectivity index (χ0v) is 19.4. The van der Waals surface area contributed by atoms with Gasteiger partial charge in [-0.1, -0.05) is 12.1 Å². The lowest BCUT2D eigenvalue weighted by atomic mass is 10.3. The van der Waals surface area contributed by atoms with Crippen LogP contribution in [-0.2, 0) is 19.7 Å². The van der Waals surface area contributed by atoms with Crippen LogP contribution < -0.4 is 0 Å². The molecule has 3 aromatic heterocycles. The summed E-state index contributed by atoms with van der Waals surface area (Å²) < 4.78 is 53.1. The van der Waals surface area contributed by atoms with Crippen molar-refractivity contribution in [2.24, 2.45) is 0 Å². The Morgan fingerprint density at radius 2 is 1.07 bits per heavy atom. The van der Waals surface area contributed by atoms with E-state index in [2.05, 4.69) is 0 Å². The molecule has 0 radical (unpaired) electrons. The molecule has 3 heterocycles. The largest absolute Gasteiger partial charge is 0.223 e. The van der Waals surface area contributed by atoms with Crippen LogP contribution in [0.3, 0.4) is 0 Å². The maximum atomic E-state index is 13.3. The van der Waals surface area contributed by atoms with Crippen molar-refractivity contribution in [2.75, 3.05) is 0 Å². The molecular weight excluding hydrogens is 441 g/mol. The van der Waals surface area contributed by atoms with E-state index < -0.39 is 30.2 Å². The molecule has 9 heteroatoms. The van der Waals surface area contributed by atoms with Crippen molar-refractivity contribution in [3.05, 3.63) is 35.0 Å². The summed E-state index contributed by atoms with van der Waals surface area (Å²) in [4.78, 5) is 2.48. The molecule has 0 atom stereocenters. The molecule has 3 aromatic rings. The van der Waals surface area contributed by atoms with Crippen molar-refractivity contribution in [1.29, 1.82) is 0 Å². The van der Waals surface area contributed by atoms with Crippen LogP contribution in [0.25, 0.3) is 19.5 Å². The molecule has 146 valence electrons.